The van der Waals surface area contributed by atoms with Crippen LogP contribution in [0.5, 0.6) is 0 Å². The van der Waals surface area contributed by atoms with E-state index in [9.17, 15) is 0 Å². The second-order valence-electron chi connectivity index (χ2n) is 3.69. The number of hydrogen-bond acceptors (Lipinski definition) is 5. The number of rotatable bonds is 8. The topological polar surface area (TPSA) is 51.0 Å². The summed E-state index contributed by atoms with van der Waals surface area (Å²) in [6.45, 7) is 5.26. The van der Waals surface area contributed by atoms with Gasteiger partial charge in [-0.25, -0.2) is 0 Å². The summed E-state index contributed by atoms with van der Waals surface area (Å²) in [6, 6.07) is 0.204. The summed E-state index contributed by atoms with van der Waals surface area (Å²) >= 11 is 1.79. The van der Waals surface area contributed by atoms with Crippen molar-refractivity contribution in [2.75, 3.05) is 18.6 Å². The zero-order valence-corrected chi connectivity index (χ0v) is 11.1. The van der Waals surface area contributed by atoms with Gasteiger partial charge in [0.25, 0.3) is 0 Å². The largest absolute Gasteiger partial charge is 0.424 e. The van der Waals surface area contributed by atoms with Crippen LogP contribution in [0, 0.1) is 0 Å². The van der Waals surface area contributed by atoms with Crippen LogP contribution < -0.4 is 5.32 Å². The lowest BCUT2D eigenvalue weighted by atomic mass is 10.2. The summed E-state index contributed by atoms with van der Waals surface area (Å²) in [4.78, 5) is 0. The molecule has 0 aliphatic carbocycles. The summed E-state index contributed by atoms with van der Waals surface area (Å²) in [7, 11) is 0. The highest BCUT2D eigenvalue weighted by atomic mass is 32.2. The molecule has 0 aliphatic rings. The van der Waals surface area contributed by atoms with E-state index in [1.807, 2.05) is 0 Å². The van der Waals surface area contributed by atoms with Gasteiger partial charge in [-0.1, -0.05) is 13.8 Å². The van der Waals surface area contributed by atoms with Gasteiger partial charge in [-0.3, -0.25) is 0 Å². The Balaban J connectivity index is 2.52. The van der Waals surface area contributed by atoms with Gasteiger partial charge in [0.05, 0.1) is 6.04 Å². The molecule has 0 amide bonds. The Morgan fingerprint density at radius 2 is 2.19 bits per heavy atom. The van der Waals surface area contributed by atoms with E-state index < -0.39 is 0 Å². The van der Waals surface area contributed by atoms with Crippen molar-refractivity contribution in [1.29, 1.82) is 0 Å². The summed E-state index contributed by atoms with van der Waals surface area (Å²) in [5.74, 6) is 2.51. The maximum absolute atomic E-state index is 5.64. The minimum atomic E-state index is 0.204. The lowest BCUT2D eigenvalue weighted by molar-refractivity contribution is 0.375. The average molecular weight is 243 g/mol. The maximum Gasteiger partial charge on any atom is 0.233 e. The van der Waals surface area contributed by atoms with E-state index in [0.29, 0.717) is 0 Å². The van der Waals surface area contributed by atoms with Crippen LogP contribution in [0.1, 0.15) is 44.5 Å². The molecular weight excluding hydrogens is 222 g/mol. The van der Waals surface area contributed by atoms with Gasteiger partial charge in [0, 0.05) is 12.2 Å². The lowest BCUT2D eigenvalue weighted by Crippen LogP contribution is -2.21. The predicted octanol–water partition coefficient (Wildman–Crippen LogP) is 2.43. The van der Waals surface area contributed by atoms with E-state index in [0.717, 1.165) is 43.3 Å². The molecule has 0 aromatic carbocycles. The molecule has 0 spiro atoms. The first-order valence-electron chi connectivity index (χ1n) is 5.86. The van der Waals surface area contributed by atoms with Crippen molar-refractivity contribution in [3.63, 3.8) is 0 Å². The van der Waals surface area contributed by atoms with Crippen molar-refractivity contribution in [1.82, 2.24) is 15.5 Å². The van der Waals surface area contributed by atoms with Crippen molar-refractivity contribution < 1.29 is 4.42 Å². The Bertz CT molecular complexity index is 291. The van der Waals surface area contributed by atoms with E-state index in [2.05, 4.69) is 35.6 Å². The highest BCUT2D eigenvalue weighted by Crippen LogP contribution is 2.15. The molecule has 0 bridgehead atoms. The Morgan fingerprint density at radius 1 is 1.38 bits per heavy atom. The molecule has 5 heteroatoms. The van der Waals surface area contributed by atoms with Crippen molar-refractivity contribution in [3.05, 3.63) is 11.8 Å². The van der Waals surface area contributed by atoms with Crippen LogP contribution in [-0.2, 0) is 6.42 Å². The molecule has 0 aliphatic heterocycles. The third kappa shape index (κ3) is 4.14. The quantitative estimate of drug-likeness (QED) is 0.760. The molecule has 1 atom stereocenters. The average Bonchev–Trinajstić information content (AvgIpc) is 2.76. The van der Waals surface area contributed by atoms with Crippen LogP contribution in [0.15, 0.2) is 4.42 Å². The standard InChI is InChI=1S/C11H21N3OS/c1-4-7-12-9(5-2)11-14-13-10(15-11)6-8-16-3/h9,12H,4-8H2,1-3H3. The molecule has 1 aromatic heterocycles. The van der Waals surface area contributed by atoms with Crippen LogP contribution in [0.4, 0.5) is 0 Å². The maximum atomic E-state index is 5.64. The Morgan fingerprint density at radius 3 is 2.81 bits per heavy atom. The molecule has 0 saturated heterocycles. The van der Waals surface area contributed by atoms with Gasteiger partial charge in [-0.15, -0.1) is 10.2 Å². The fourth-order valence-corrected chi connectivity index (χ4v) is 1.80. The fourth-order valence-electron chi connectivity index (χ4n) is 1.42. The lowest BCUT2D eigenvalue weighted by Gasteiger charge is -2.11. The molecule has 0 radical (unpaired) electrons. The first-order valence-corrected chi connectivity index (χ1v) is 7.25. The third-order valence-corrected chi connectivity index (χ3v) is 2.96. The van der Waals surface area contributed by atoms with Crippen LogP contribution in [-0.4, -0.2) is 28.8 Å². The number of nitrogens with one attached hydrogen (secondary N) is 1. The summed E-state index contributed by atoms with van der Waals surface area (Å²) in [5.41, 5.74) is 0. The predicted molar refractivity (Wildman–Crippen MR) is 67.7 cm³/mol. The van der Waals surface area contributed by atoms with Crippen LogP contribution in [0.2, 0.25) is 0 Å². The zero-order valence-electron chi connectivity index (χ0n) is 10.3. The van der Waals surface area contributed by atoms with E-state index in [1.54, 1.807) is 11.8 Å². The van der Waals surface area contributed by atoms with Gasteiger partial charge < -0.3 is 9.73 Å². The van der Waals surface area contributed by atoms with Crippen molar-refractivity contribution >= 4 is 11.8 Å². The summed E-state index contributed by atoms with van der Waals surface area (Å²) in [6.07, 6.45) is 5.03. The van der Waals surface area contributed by atoms with Crippen LogP contribution >= 0.6 is 11.8 Å². The first-order chi connectivity index (χ1) is 7.81. The van der Waals surface area contributed by atoms with Gasteiger partial charge in [0.15, 0.2) is 0 Å². The van der Waals surface area contributed by atoms with E-state index in [-0.39, 0.29) is 6.04 Å². The monoisotopic (exact) mass is 243 g/mol. The molecule has 1 N–H and O–H groups in total. The number of nitrogens with zero attached hydrogens (tertiary/aromatic N) is 2. The molecule has 0 fully saturated rings. The van der Waals surface area contributed by atoms with Gasteiger partial charge in [-0.2, -0.15) is 11.8 Å². The Hall–Kier alpha value is -0.550. The van der Waals surface area contributed by atoms with Crippen molar-refractivity contribution in [2.45, 2.75) is 39.2 Å². The molecule has 1 aromatic rings. The number of hydrogen-bond donors (Lipinski definition) is 1. The molecule has 1 heterocycles. The van der Waals surface area contributed by atoms with Crippen molar-refractivity contribution in [2.24, 2.45) is 0 Å². The molecule has 16 heavy (non-hydrogen) atoms. The highest BCUT2D eigenvalue weighted by Gasteiger charge is 2.15. The second kappa shape index (κ2) is 7.68. The van der Waals surface area contributed by atoms with E-state index in [1.165, 1.54) is 0 Å². The molecule has 4 nitrogen and oxygen atoms in total. The number of aromatic nitrogens is 2. The van der Waals surface area contributed by atoms with Gasteiger partial charge in [0.1, 0.15) is 0 Å². The molecule has 92 valence electrons. The van der Waals surface area contributed by atoms with Gasteiger partial charge in [-0.05, 0) is 25.6 Å². The molecule has 1 unspecified atom stereocenters. The smallest absolute Gasteiger partial charge is 0.233 e. The number of aryl methyl sites for hydroxylation is 1. The molecule has 0 saturated carbocycles. The summed E-state index contributed by atoms with van der Waals surface area (Å²) in [5, 5.41) is 11.6. The second-order valence-corrected chi connectivity index (χ2v) is 4.68. The van der Waals surface area contributed by atoms with Crippen LogP contribution in [0.3, 0.4) is 0 Å². The van der Waals surface area contributed by atoms with Crippen molar-refractivity contribution in [3.8, 4) is 0 Å². The normalized spacial score (nSPS) is 12.9. The van der Waals surface area contributed by atoms with Gasteiger partial charge >= 0.3 is 0 Å². The van der Waals surface area contributed by atoms with Crippen LogP contribution in [0.25, 0.3) is 0 Å². The van der Waals surface area contributed by atoms with E-state index >= 15 is 0 Å². The minimum Gasteiger partial charge on any atom is -0.424 e. The molecule has 1 rings (SSSR count). The number of thioether (sulfide) groups is 1. The first kappa shape index (κ1) is 13.5. The summed E-state index contributed by atoms with van der Waals surface area (Å²) < 4.78 is 5.64. The minimum absolute atomic E-state index is 0.204. The SMILES string of the molecule is CCCNC(CC)c1nnc(CCSC)o1. The van der Waals surface area contributed by atoms with E-state index in [4.69, 9.17) is 4.42 Å². The van der Waals surface area contributed by atoms with Gasteiger partial charge in [0.2, 0.25) is 11.8 Å². The third-order valence-electron chi connectivity index (χ3n) is 2.35. The Labute approximate surface area is 102 Å². The zero-order chi connectivity index (χ0) is 11.8. The fraction of sp³-hybridized carbons (Fsp3) is 0.818. The Kier molecular flexibility index (Phi) is 6.49. The molecular formula is C11H21N3OS. The highest BCUT2D eigenvalue weighted by molar-refractivity contribution is 7.98.